The van der Waals surface area contributed by atoms with E-state index >= 15 is 0 Å². The lowest BCUT2D eigenvalue weighted by molar-refractivity contribution is -0.137. The molecule has 2 aromatic rings. The Morgan fingerprint density at radius 2 is 1.65 bits per heavy atom. The van der Waals surface area contributed by atoms with Crippen molar-refractivity contribution in [3.63, 3.8) is 0 Å². The van der Waals surface area contributed by atoms with Crippen LogP contribution in [0.15, 0.2) is 24.7 Å². The van der Waals surface area contributed by atoms with Crippen molar-refractivity contribution in [3.8, 4) is 0 Å². The number of hydrogen-bond acceptors (Lipinski definition) is 5. The van der Waals surface area contributed by atoms with E-state index in [4.69, 9.17) is 0 Å². The van der Waals surface area contributed by atoms with E-state index in [1.54, 1.807) is 23.6 Å². The second-order valence-corrected chi connectivity index (χ2v) is 6.07. The number of carbonyl (C=O) groups excluding carboxylic acids is 1. The van der Waals surface area contributed by atoms with Crippen LogP contribution < -0.4 is 4.90 Å². The Balaban J connectivity index is 1.76. The van der Waals surface area contributed by atoms with Crippen LogP contribution in [0.2, 0.25) is 0 Å². The van der Waals surface area contributed by atoms with Crippen molar-refractivity contribution in [3.05, 3.63) is 47.2 Å². The number of amides is 1. The van der Waals surface area contributed by atoms with E-state index in [1.165, 1.54) is 18.6 Å². The van der Waals surface area contributed by atoms with Crippen LogP contribution in [0.4, 0.5) is 19.0 Å². The van der Waals surface area contributed by atoms with Crippen LogP contribution in [0.1, 0.15) is 27.3 Å². The first-order valence-electron chi connectivity index (χ1n) is 8.13. The molecule has 2 aromatic heterocycles. The van der Waals surface area contributed by atoms with Gasteiger partial charge < -0.3 is 9.80 Å². The third-order valence-electron chi connectivity index (χ3n) is 4.40. The molecule has 138 valence electrons. The second-order valence-electron chi connectivity index (χ2n) is 6.07. The quantitative estimate of drug-likeness (QED) is 0.818. The molecule has 0 aromatic carbocycles. The van der Waals surface area contributed by atoms with Gasteiger partial charge >= 0.3 is 6.18 Å². The van der Waals surface area contributed by atoms with E-state index in [-0.39, 0.29) is 24.8 Å². The van der Waals surface area contributed by atoms with Crippen molar-refractivity contribution >= 4 is 11.7 Å². The first-order chi connectivity index (χ1) is 12.3. The Morgan fingerprint density at radius 3 is 2.23 bits per heavy atom. The molecular formula is C17H18F3N5O. The number of carbonyl (C=O) groups is 1. The predicted molar refractivity (Wildman–Crippen MR) is 88.9 cm³/mol. The summed E-state index contributed by atoms with van der Waals surface area (Å²) < 4.78 is 39.5. The Hall–Kier alpha value is -2.71. The van der Waals surface area contributed by atoms with E-state index in [2.05, 4.69) is 15.0 Å². The van der Waals surface area contributed by atoms with Gasteiger partial charge in [0.05, 0.1) is 22.5 Å². The van der Waals surface area contributed by atoms with Crippen molar-refractivity contribution in [1.29, 1.82) is 0 Å². The maximum Gasteiger partial charge on any atom is 0.419 e. The lowest BCUT2D eigenvalue weighted by Crippen LogP contribution is -2.49. The standard InChI is InChI=1S/C17H18F3N5O/c1-11-14(12(2)23-10-22-11)16(26)25-8-6-24(7-9-25)15-13(17(18,19)20)4-3-5-21-15/h3-5,10H,6-9H2,1-2H3. The van der Waals surface area contributed by atoms with Crippen LogP contribution in [-0.2, 0) is 6.18 Å². The topological polar surface area (TPSA) is 62.2 Å². The highest BCUT2D eigenvalue weighted by Gasteiger charge is 2.36. The van der Waals surface area contributed by atoms with Gasteiger partial charge in [0.15, 0.2) is 0 Å². The summed E-state index contributed by atoms with van der Waals surface area (Å²) in [5.41, 5.74) is 0.876. The van der Waals surface area contributed by atoms with Gasteiger partial charge in [0.1, 0.15) is 12.1 Å². The van der Waals surface area contributed by atoms with Crippen LogP contribution in [-0.4, -0.2) is 51.9 Å². The molecule has 1 aliphatic heterocycles. The minimum absolute atomic E-state index is 0.0949. The average Bonchev–Trinajstić information content (AvgIpc) is 2.61. The fourth-order valence-electron chi connectivity index (χ4n) is 3.05. The number of pyridine rings is 1. The molecule has 1 amide bonds. The van der Waals surface area contributed by atoms with E-state index < -0.39 is 11.7 Å². The van der Waals surface area contributed by atoms with Gasteiger partial charge in [-0.1, -0.05) is 0 Å². The van der Waals surface area contributed by atoms with E-state index in [1.807, 2.05) is 0 Å². The molecule has 0 N–H and O–H groups in total. The number of anilines is 1. The fourth-order valence-corrected chi connectivity index (χ4v) is 3.05. The van der Waals surface area contributed by atoms with Crippen molar-refractivity contribution in [2.24, 2.45) is 0 Å². The van der Waals surface area contributed by atoms with Gasteiger partial charge in [0.2, 0.25) is 0 Å². The molecule has 1 aliphatic rings. The number of nitrogens with zero attached hydrogens (tertiary/aromatic N) is 5. The highest BCUT2D eigenvalue weighted by Crippen LogP contribution is 2.35. The Labute approximate surface area is 148 Å². The molecule has 6 nitrogen and oxygen atoms in total. The molecule has 26 heavy (non-hydrogen) atoms. The van der Waals surface area contributed by atoms with Crippen LogP contribution in [0, 0.1) is 13.8 Å². The number of aromatic nitrogens is 3. The van der Waals surface area contributed by atoms with Gasteiger partial charge in [-0.05, 0) is 26.0 Å². The molecule has 0 unspecified atom stereocenters. The summed E-state index contributed by atoms with van der Waals surface area (Å²) in [5, 5.41) is 0. The second kappa shape index (κ2) is 6.89. The number of aryl methyl sites for hydroxylation is 2. The number of piperazine rings is 1. The molecule has 0 spiro atoms. The summed E-state index contributed by atoms with van der Waals surface area (Å²) in [5.74, 6) is -0.292. The Bertz CT molecular complexity index is 796. The first kappa shape index (κ1) is 18.1. The molecular weight excluding hydrogens is 347 g/mol. The summed E-state index contributed by atoms with van der Waals surface area (Å²) in [7, 11) is 0. The molecule has 9 heteroatoms. The third-order valence-corrected chi connectivity index (χ3v) is 4.40. The Kier molecular flexibility index (Phi) is 4.80. The maximum atomic E-state index is 13.2. The summed E-state index contributed by atoms with van der Waals surface area (Å²) in [6.45, 7) is 4.64. The van der Waals surface area contributed by atoms with Gasteiger partial charge in [0.25, 0.3) is 5.91 Å². The number of hydrogen-bond donors (Lipinski definition) is 0. The molecule has 3 rings (SSSR count). The monoisotopic (exact) mass is 365 g/mol. The molecule has 0 saturated carbocycles. The molecule has 3 heterocycles. The van der Waals surface area contributed by atoms with Crippen molar-refractivity contribution in [2.75, 3.05) is 31.1 Å². The summed E-state index contributed by atoms with van der Waals surface area (Å²) in [4.78, 5) is 27.9. The summed E-state index contributed by atoms with van der Waals surface area (Å²) in [6, 6.07) is 2.29. The van der Waals surface area contributed by atoms with Crippen LogP contribution >= 0.6 is 0 Å². The fraction of sp³-hybridized carbons (Fsp3) is 0.412. The number of alkyl halides is 3. The Morgan fingerprint density at radius 1 is 1.04 bits per heavy atom. The van der Waals surface area contributed by atoms with Crippen LogP contribution in [0.5, 0.6) is 0 Å². The lowest BCUT2D eigenvalue weighted by Gasteiger charge is -2.36. The van der Waals surface area contributed by atoms with Crippen LogP contribution in [0.3, 0.4) is 0 Å². The van der Waals surface area contributed by atoms with Gasteiger partial charge in [-0.25, -0.2) is 15.0 Å². The van der Waals surface area contributed by atoms with Crippen molar-refractivity contribution in [2.45, 2.75) is 20.0 Å². The van der Waals surface area contributed by atoms with Crippen molar-refractivity contribution < 1.29 is 18.0 Å². The molecule has 0 atom stereocenters. The summed E-state index contributed by atoms with van der Waals surface area (Å²) >= 11 is 0. The SMILES string of the molecule is Cc1ncnc(C)c1C(=O)N1CCN(c2ncccc2C(F)(F)F)CC1. The minimum atomic E-state index is -4.47. The van der Waals surface area contributed by atoms with Gasteiger partial charge in [-0.3, -0.25) is 4.79 Å². The van der Waals surface area contributed by atoms with Gasteiger partial charge in [-0.2, -0.15) is 13.2 Å². The zero-order valence-electron chi connectivity index (χ0n) is 14.4. The van der Waals surface area contributed by atoms with E-state index in [0.717, 1.165) is 6.07 Å². The van der Waals surface area contributed by atoms with Gasteiger partial charge in [0, 0.05) is 32.4 Å². The van der Waals surface area contributed by atoms with Crippen LogP contribution in [0.25, 0.3) is 0 Å². The zero-order valence-corrected chi connectivity index (χ0v) is 14.4. The predicted octanol–water partition coefficient (Wildman–Crippen LogP) is 2.47. The minimum Gasteiger partial charge on any atom is -0.353 e. The molecule has 1 fully saturated rings. The normalized spacial score (nSPS) is 15.3. The molecule has 0 bridgehead atoms. The first-order valence-corrected chi connectivity index (χ1v) is 8.13. The lowest BCUT2D eigenvalue weighted by atomic mass is 10.1. The molecule has 0 radical (unpaired) electrons. The van der Waals surface area contributed by atoms with E-state index in [9.17, 15) is 18.0 Å². The third kappa shape index (κ3) is 3.47. The molecule has 0 aliphatic carbocycles. The van der Waals surface area contributed by atoms with Gasteiger partial charge in [-0.15, -0.1) is 0 Å². The molecule has 1 saturated heterocycles. The highest BCUT2D eigenvalue weighted by molar-refractivity contribution is 5.96. The van der Waals surface area contributed by atoms with E-state index in [0.29, 0.717) is 30.0 Å². The zero-order chi connectivity index (χ0) is 18.9. The van der Waals surface area contributed by atoms with Crippen molar-refractivity contribution in [1.82, 2.24) is 19.9 Å². The summed E-state index contributed by atoms with van der Waals surface area (Å²) in [6.07, 6.45) is -1.72. The smallest absolute Gasteiger partial charge is 0.353 e. The number of rotatable bonds is 2. The number of halogens is 3. The highest BCUT2D eigenvalue weighted by atomic mass is 19.4. The largest absolute Gasteiger partial charge is 0.419 e. The average molecular weight is 365 g/mol. The maximum absolute atomic E-state index is 13.2.